The molecule has 0 aliphatic heterocycles. The van der Waals surface area contributed by atoms with E-state index in [0.717, 1.165) is 26.5 Å². The van der Waals surface area contributed by atoms with Crippen molar-refractivity contribution in [2.24, 2.45) is 0 Å². The van der Waals surface area contributed by atoms with Gasteiger partial charge in [0.1, 0.15) is 5.58 Å². The van der Waals surface area contributed by atoms with Gasteiger partial charge >= 0.3 is 0 Å². The van der Waals surface area contributed by atoms with Gasteiger partial charge in [-0.05, 0) is 37.3 Å². The Balaban J connectivity index is 1.95. The Morgan fingerprint density at radius 1 is 1.17 bits per heavy atom. The van der Waals surface area contributed by atoms with Gasteiger partial charge in [0.15, 0.2) is 5.76 Å². The van der Waals surface area contributed by atoms with Crippen LogP contribution in [0.25, 0.3) is 21.9 Å². The summed E-state index contributed by atoms with van der Waals surface area (Å²) in [6.07, 6.45) is 0. The lowest BCUT2D eigenvalue weighted by Crippen LogP contribution is -2.13. The molecule has 0 aliphatic carbocycles. The molecule has 114 valence electrons. The number of nitrogens with zero attached hydrogens (tertiary/aromatic N) is 1. The molecule has 2 heterocycles. The maximum Gasteiger partial charge on any atom is 0.298 e. The minimum Gasteiger partial charge on any atom is -0.451 e. The third-order valence-electron chi connectivity index (χ3n) is 3.96. The highest BCUT2D eigenvalue weighted by molar-refractivity contribution is 9.10. The first-order chi connectivity index (χ1) is 11.1. The lowest BCUT2D eigenvalue weighted by molar-refractivity contribution is 0.0938. The number of nitrogens with two attached hydrogens (primary N) is 1. The predicted octanol–water partition coefficient (Wildman–Crippen LogP) is 4.73. The highest BCUT2D eigenvalue weighted by atomic mass is 79.9. The highest BCUT2D eigenvalue weighted by Gasteiger charge is 2.20. The molecule has 2 aromatic heterocycles. The summed E-state index contributed by atoms with van der Waals surface area (Å²) in [5.74, 6) is 0.0641. The normalized spacial score (nSPS) is 11.4. The number of hydrogen-bond acceptors (Lipinski definition) is 3. The van der Waals surface area contributed by atoms with Crippen LogP contribution >= 0.6 is 15.9 Å². The van der Waals surface area contributed by atoms with Gasteiger partial charge in [-0.25, -0.2) is 0 Å². The molecule has 2 N–H and O–H groups in total. The molecule has 0 saturated heterocycles. The fourth-order valence-corrected chi connectivity index (χ4v) is 3.39. The van der Waals surface area contributed by atoms with E-state index in [2.05, 4.69) is 15.9 Å². The molecule has 0 atom stereocenters. The molecule has 0 amide bonds. The van der Waals surface area contributed by atoms with Crippen LogP contribution in [0.4, 0.5) is 5.69 Å². The minimum atomic E-state index is -0.224. The number of furan rings is 1. The van der Waals surface area contributed by atoms with Crippen LogP contribution in [0.5, 0.6) is 0 Å². The van der Waals surface area contributed by atoms with Gasteiger partial charge in [-0.15, -0.1) is 0 Å². The van der Waals surface area contributed by atoms with Crippen molar-refractivity contribution in [1.82, 2.24) is 4.57 Å². The van der Waals surface area contributed by atoms with E-state index < -0.39 is 0 Å². The molecule has 0 bridgehead atoms. The van der Waals surface area contributed by atoms with E-state index in [1.165, 1.54) is 0 Å². The summed E-state index contributed by atoms with van der Waals surface area (Å²) in [5.41, 5.74) is 8.85. The van der Waals surface area contributed by atoms with Crippen LogP contribution in [0.2, 0.25) is 0 Å². The number of aromatic nitrogens is 1. The standard InChI is InChI=1S/C18H13BrN2O2/c1-10-8-11-4-2-6-14(20)17(11)21(10)18(22)16-9-12-13(19)5-3-7-15(12)23-16/h2-9H,20H2,1H3. The van der Waals surface area contributed by atoms with E-state index in [9.17, 15) is 4.79 Å². The molecule has 0 fully saturated rings. The monoisotopic (exact) mass is 368 g/mol. The van der Waals surface area contributed by atoms with Crippen molar-refractivity contribution in [3.63, 3.8) is 0 Å². The third-order valence-corrected chi connectivity index (χ3v) is 4.65. The first kappa shape index (κ1) is 14.1. The van der Waals surface area contributed by atoms with Crippen LogP contribution in [0.1, 0.15) is 16.2 Å². The van der Waals surface area contributed by atoms with E-state index in [4.69, 9.17) is 10.2 Å². The van der Waals surface area contributed by atoms with Crippen LogP contribution in [-0.2, 0) is 0 Å². The second kappa shape index (κ2) is 4.99. The smallest absolute Gasteiger partial charge is 0.298 e. The fraction of sp³-hybridized carbons (Fsp3) is 0.0556. The molecule has 4 nitrogen and oxygen atoms in total. The van der Waals surface area contributed by atoms with E-state index in [0.29, 0.717) is 11.3 Å². The first-order valence-electron chi connectivity index (χ1n) is 7.15. The van der Waals surface area contributed by atoms with Gasteiger partial charge in [-0.3, -0.25) is 9.36 Å². The van der Waals surface area contributed by atoms with E-state index in [1.807, 2.05) is 43.3 Å². The lowest BCUT2D eigenvalue weighted by Gasteiger charge is -2.06. The number of para-hydroxylation sites is 1. The molecule has 0 radical (unpaired) electrons. The van der Waals surface area contributed by atoms with Gasteiger partial charge in [-0.1, -0.05) is 34.1 Å². The summed E-state index contributed by atoms with van der Waals surface area (Å²) in [6.45, 7) is 1.88. The molecule has 0 aliphatic rings. The zero-order valence-corrected chi connectivity index (χ0v) is 13.9. The van der Waals surface area contributed by atoms with E-state index in [1.54, 1.807) is 16.7 Å². The lowest BCUT2D eigenvalue weighted by atomic mass is 10.2. The van der Waals surface area contributed by atoms with Crippen molar-refractivity contribution in [2.45, 2.75) is 6.92 Å². The fourth-order valence-electron chi connectivity index (χ4n) is 2.92. The van der Waals surface area contributed by atoms with Crippen LogP contribution in [-0.4, -0.2) is 10.5 Å². The van der Waals surface area contributed by atoms with Crippen molar-refractivity contribution in [3.05, 3.63) is 64.5 Å². The van der Waals surface area contributed by atoms with E-state index >= 15 is 0 Å². The van der Waals surface area contributed by atoms with Crippen LogP contribution in [0.3, 0.4) is 0 Å². The Labute approximate surface area is 140 Å². The number of fused-ring (bicyclic) bond motifs is 2. The molecule has 5 heteroatoms. The van der Waals surface area contributed by atoms with Crippen molar-refractivity contribution < 1.29 is 9.21 Å². The Morgan fingerprint density at radius 3 is 2.74 bits per heavy atom. The SMILES string of the molecule is Cc1cc2cccc(N)c2n1C(=O)c1cc2c(Br)cccc2o1. The number of carbonyl (C=O) groups excluding carboxylic acids is 1. The molecular formula is C18H13BrN2O2. The average Bonchev–Trinajstić information content (AvgIpc) is 3.09. The molecule has 0 spiro atoms. The molecule has 0 unspecified atom stereocenters. The van der Waals surface area contributed by atoms with Crippen LogP contribution < -0.4 is 5.73 Å². The second-order valence-corrected chi connectivity index (χ2v) is 6.33. The number of nitrogen functional groups attached to an aromatic ring is 1. The Bertz CT molecular complexity index is 1080. The number of hydrogen-bond donors (Lipinski definition) is 1. The van der Waals surface area contributed by atoms with Crippen LogP contribution in [0.15, 0.2) is 57.4 Å². The predicted molar refractivity (Wildman–Crippen MR) is 94.7 cm³/mol. The molecule has 0 saturated carbocycles. The summed E-state index contributed by atoms with van der Waals surface area (Å²) in [4.78, 5) is 13.0. The highest BCUT2D eigenvalue weighted by Crippen LogP contribution is 2.30. The molecule has 23 heavy (non-hydrogen) atoms. The molecular weight excluding hydrogens is 356 g/mol. The molecule has 2 aromatic carbocycles. The number of rotatable bonds is 1. The summed E-state index contributed by atoms with van der Waals surface area (Å²) in [6, 6.07) is 14.9. The summed E-state index contributed by atoms with van der Waals surface area (Å²) < 4.78 is 8.24. The van der Waals surface area contributed by atoms with Gasteiger partial charge < -0.3 is 10.2 Å². The Hall–Kier alpha value is -2.53. The summed E-state index contributed by atoms with van der Waals surface area (Å²) >= 11 is 3.48. The second-order valence-electron chi connectivity index (χ2n) is 5.47. The maximum atomic E-state index is 13.0. The number of halogens is 1. The summed E-state index contributed by atoms with van der Waals surface area (Å²) in [7, 11) is 0. The van der Waals surface area contributed by atoms with Gasteiger partial charge in [0, 0.05) is 20.9 Å². The number of benzene rings is 2. The molecule has 4 rings (SSSR count). The van der Waals surface area contributed by atoms with Gasteiger partial charge in [-0.2, -0.15) is 0 Å². The van der Waals surface area contributed by atoms with E-state index in [-0.39, 0.29) is 11.7 Å². The van der Waals surface area contributed by atoms with Crippen molar-refractivity contribution in [3.8, 4) is 0 Å². The average molecular weight is 369 g/mol. The molecule has 4 aromatic rings. The summed E-state index contributed by atoms with van der Waals surface area (Å²) in [5, 5.41) is 1.81. The van der Waals surface area contributed by atoms with Gasteiger partial charge in [0.05, 0.1) is 11.2 Å². The van der Waals surface area contributed by atoms with Crippen molar-refractivity contribution in [2.75, 3.05) is 5.73 Å². The first-order valence-corrected chi connectivity index (χ1v) is 7.95. The number of anilines is 1. The van der Waals surface area contributed by atoms with Crippen LogP contribution in [0, 0.1) is 6.92 Å². The Morgan fingerprint density at radius 2 is 1.96 bits per heavy atom. The van der Waals surface area contributed by atoms with Crippen molar-refractivity contribution in [1.29, 1.82) is 0 Å². The number of aryl methyl sites for hydroxylation is 1. The Kier molecular flexibility index (Phi) is 3.06. The number of carbonyl (C=O) groups is 1. The van der Waals surface area contributed by atoms with Gasteiger partial charge in [0.2, 0.25) is 0 Å². The topological polar surface area (TPSA) is 61.2 Å². The quantitative estimate of drug-likeness (QED) is 0.494. The van der Waals surface area contributed by atoms with Gasteiger partial charge in [0.25, 0.3) is 5.91 Å². The minimum absolute atomic E-state index is 0.224. The zero-order chi connectivity index (χ0) is 16.1. The van der Waals surface area contributed by atoms with Crippen molar-refractivity contribution >= 4 is 49.4 Å². The zero-order valence-electron chi connectivity index (χ0n) is 12.3. The largest absolute Gasteiger partial charge is 0.451 e. The maximum absolute atomic E-state index is 13.0. The third kappa shape index (κ3) is 2.08.